The Kier molecular flexibility index (Phi) is 6.01. The zero-order chi connectivity index (χ0) is 19.5. The third-order valence-electron chi connectivity index (χ3n) is 3.89. The molecule has 1 aromatic rings. The minimum atomic E-state index is -0.829. The van der Waals surface area contributed by atoms with Gasteiger partial charge in [0.25, 0.3) is 5.69 Å². The number of likely N-dealkylation sites (tertiary alicyclic amines) is 1. The van der Waals surface area contributed by atoms with Crippen LogP contribution < -0.4 is 4.74 Å². The Hall–Kier alpha value is -2.42. The number of methoxy groups -OCH3 is 1. The van der Waals surface area contributed by atoms with Gasteiger partial charge in [-0.2, -0.15) is 0 Å². The van der Waals surface area contributed by atoms with Crippen molar-refractivity contribution in [2.75, 3.05) is 20.3 Å². The fourth-order valence-corrected chi connectivity index (χ4v) is 2.65. The minimum Gasteiger partial charge on any atom is -0.488 e. The van der Waals surface area contributed by atoms with E-state index < -0.39 is 22.4 Å². The second-order valence-corrected chi connectivity index (χ2v) is 7.06. The largest absolute Gasteiger partial charge is 0.488 e. The van der Waals surface area contributed by atoms with Crippen LogP contribution in [0.5, 0.6) is 5.75 Å². The van der Waals surface area contributed by atoms with Crippen LogP contribution in [0.15, 0.2) is 18.2 Å². The summed E-state index contributed by atoms with van der Waals surface area (Å²) in [5.74, 6) is -0.940. The van der Waals surface area contributed by atoms with Crippen molar-refractivity contribution < 1.29 is 28.3 Å². The molecule has 0 saturated carbocycles. The second-order valence-electron chi connectivity index (χ2n) is 7.06. The lowest BCUT2D eigenvalue weighted by Crippen LogP contribution is -2.42. The molecule has 0 spiro atoms. The summed E-state index contributed by atoms with van der Waals surface area (Å²) in [7, 11) is 1.55. The monoisotopic (exact) mass is 370 g/mol. The second kappa shape index (κ2) is 7.86. The van der Waals surface area contributed by atoms with Crippen molar-refractivity contribution >= 4 is 11.8 Å². The molecule has 9 heteroatoms. The summed E-state index contributed by atoms with van der Waals surface area (Å²) < 4.78 is 30.1. The van der Waals surface area contributed by atoms with Gasteiger partial charge in [0.1, 0.15) is 12.2 Å². The van der Waals surface area contributed by atoms with E-state index in [1.165, 1.54) is 11.0 Å². The van der Waals surface area contributed by atoms with Gasteiger partial charge in [-0.05, 0) is 33.3 Å². The van der Waals surface area contributed by atoms with E-state index in [0.29, 0.717) is 13.0 Å². The van der Waals surface area contributed by atoms with Crippen LogP contribution in [-0.2, 0) is 9.47 Å². The highest BCUT2D eigenvalue weighted by Crippen LogP contribution is 2.26. The van der Waals surface area contributed by atoms with Crippen molar-refractivity contribution in [3.05, 3.63) is 34.1 Å². The van der Waals surface area contributed by atoms with Gasteiger partial charge in [-0.1, -0.05) is 0 Å². The number of amides is 1. The predicted molar refractivity (Wildman–Crippen MR) is 90.7 cm³/mol. The number of carbonyl (C=O) groups excluding carboxylic acids is 1. The van der Waals surface area contributed by atoms with Crippen molar-refractivity contribution in [2.45, 2.75) is 44.9 Å². The van der Waals surface area contributed by atoms with Crippen molar-refractivity contribution in [1.29, 1.82) is 0 Å². The fourth-order valence-electron chi connectivity index (χ4n) is 2.65. The number of halogens is 1. The molecular weight excluding hydrogens is 347 g/mol. The van der Waals surface area contributed by atoms with Gasteiger partial charge >= 0.3 is 6.09 Å². The zero-order valence-corrected chi connectivity index (χ0v) is 15.2. The van der Waals surface area contributed by atoms with Gasteiger partial charge in [-0.15, -0.1) is 0 Å². The maximum absolute atomic E-state index is 13.9. The Morgan fingerprint density at radius 1 is 1.42 bits per heavy atom. The quantitative estimate of drug-likeness (QED) is 0.584. The molecule has 0 N–H and O–H groups in total. The fraction of sp³-hybridized carbons (Fsp3) is 0.588. The lowest BCUT2D eigenvalue weighted by Gasteiger charge is -2.28. The third kappa shape index (κ3) is 5.04. The molecule has 1 amide bonds. The number of carbonyl (C=O) groups is 1. The Morgan fingerprint density at radius 2 is 2.12 bits per heavy atom. The van der Waals surface area contributed by atoms with Crippen LogP contribution >= 0.6 is 0 Å². The average molecular weight is 370 g/mol. The standard InChI is InChI=1S/C17H23FN2O6/c1-17(2,3)26-16(21)19-9-13(24-4)7-12(19)10-25-15-6-5-11(20(22)23)8-14(15)18/h5-6,8,12-13H,7,9-10H2,1-4H3/t12-,13+/m0/s1. The molecule has 1 fully saturated rings. The van der Waals surface area contributed by atoms with Gasteiger partial charge in [0, 0.05) is 13.2 Å². The number of nitro groups is 1. The molecule has 1 aromatic carbocycles. The molecule has 0 aliphatic carbocycles. The van der Waals surface area contributed by atoms with E-state index in [4.69, 9.17) is 14.2 Å². The predicted octanol–water partition coefficient (Wildman–Crippen LogP) is 3.14. The first-order chi connectivity index (χ1) is 12.1. The molecule has 1 aliphatic rings. The van der Waals surface area contributed by atoms with Crippen LogP contribution in [0.2, 0.25) is 0 Å². The summed E-state index contributed by atoms with van der Waals surface area (Å²) in [6.07, 6.45) is -0.141. The molecule has 0 unspecified atom stereocenters. The Labute approximate surface area is 151 Å². The van der Waals surface area contributed by atoms with Crippen LogP contribution in [0.3, 0.4) is 0 Å². The normalized spacial score (nSPS) is 20.1. The summed E-state index contributed by atoms with van der Waals surface area (Å²) in [6, 6.07) is 2.81. The van der Waals surface area contributed by atoms with Crippen LogP contribution in [0.25, 0.3) is 0 Å². The maximum atomic E-state index is 13.9. The Bertz CT molecular complexity index is 676. The lowest BCUT2D eigenvalue weighted by atomic mass is 10.2. The van der Waals surface area contributed by atoms with E-state index in [-0.39, 0.29) is 30.2 Å². The minimum absolute atomic E-state index is 0.0217. The molecule has 1 aliphatic heterocycles. The summed E-state index contributed by atoms with van der Waals surface area (Å²) in [5, 5.41) is 10.7. The Morgan fingerprint density at radius 3 is 2.65 bits per heavy atom. The van der Waals surface area contributed by atoms with Gasteiger partial charge in [0.05, 0.1) is 29.7 Å². The first-order valence-electron chi connectivity index (χ1n) is 8.20. The highest BCUT2D eigenvalue weighted by Gasteiger charge is 2.38. The first kappa shape index (κ1) is 19.9. The summed E-state index contributed by atoms with van der Waals surface area (Å²) in [4.78, 5) is 23.9. The van der Waals surface area contributed by atoms with Crippen LogP contribution in [0.4, 0.5) is 14.9 Å². The highest BCUT2D eigenvalue weighted by molar-refractivity contribution is 5.69. The number of ether oxygens (including phenoxy) is 3. The molecule has 1 heterocycles. The van der Waals surface area contributed by atoms with Gasteiger partial charge in [-0.3, -0.25) is 15.0 Å². The molecule has 2 atom stereocenters. The van der Waals surface area contributed by atoms with Gasteiger partial charge in [0.2, 0.25) is 0 Å². The number of benzene rings is 1. The SMILES string of the molecule is CO[C@@H]1C[C@@H](COc2ccc([N+](=O)[O-])cc2F)N(C(=O)OC(C)(C)C)C1. The molecule has 8 nitrogen and oxygen atoms in total. The maximum Gasteiger partial charge on any atom is 0.410 e. The number of hydrogen-bond acceptors (Lipinski definition) is 6. The summed E-state index contributed by atoms with van der Waals surface area (Å²) >= 11 is 0. The highest BCUT2D eigenvalue weighted by atomic mass is 19.1. The van der Waals surface area contributed by atoms with Crippen LogP contribution in [-0.4, -0.2) is 53.9 Å². The topological polar surface area (TPSA) is 91.1 Å². The van der Waals surface area contributed by atoms with Gasteiger partial charge < -0.3 is 14.2 Å². The number of non-ortho nitro benzene ring substituents is 1. The van der Waals surface area contributed by atoms with Crippen molar-refractivity contribution in [3.8, 4) is 5.75 Å². The van der Waals surface area contributed by atoms with Crippen molar-refractivity contribution in [1.82, 2.24) is 4.90 Å². The molecular formula is C17H23FN2O6. The van der Waals surface area contributed by atoms with Crippen LogP contribution in [0.1, 0.15) is 27.2 Å². The van der Waals surface area contributed by atoms with Crippen molar-refractivity contribution in [3.63, 3.8) is 0 Å². The Balaban J connectivity index is 2.06. The van der Waals surface area contributed by atoms with Gasteiger partial charge in [-0.25, -0.2) is 9.18 Å². The van der Waals surface area contributed by atoms with Crippen molar-refractivity contribution in [2.24, 2.45) is 0 Å². The van der Waals surface area contributed by atoms with E-state index >= 15 is 0 Å². The summed E-state index contributed by atoms with van der Waals surface area (Å²) in [6.45, 7) is 5.68. The van der Waals surface area contributed by atoms with E-state index in [1.54, 1.807) is 27.9 Å². The summed E-state index contributed by atoms with van der Waals surface area (Å²) in [5.41, 5.74) is -0.997. The number of nitrogens with zero attached hydrogens (tertiary/aromatic N) is 2. The number of hydrogen-bond donors (Lipinski definition) is 0. The molecule has 0 bridgehead atoms. The van der Waals surface area contributed by atoms with E-state index in [9.17, 15) is 19.3 Å². The third-order valence-corrected chi connectivity index (χ3v) is 3.89. The molecule has 2 rings (SSSR count). The lowest BCUT2D eigenvalue weighted by molar-refractivity contribution is -0.385. The molecule has 26 heavy (non-hydrogen) atoms. The number of rotatable bonds is 5. The first-order valence-corrected chi connectivity index (χ1v) is 8.20. The van der Waals surface area contributed by atoms with Gasteiger partial charge in [0.15, 0.2) is 11.6 Å². The molecule has 144 valence electrons. The van der Waals surface area contributed by atoms with E-state index in [1.807, 2.05) is 0 Å². The van der Waals surface area contributed by atoms with Crippen LogP contribution in [0, 0.1) is 15.9 Å². The smallest absolute Gasteiger partial charge is 0.410 e. The van der Waals surface area contributed by atoms with E-state index in [0.717, 1.165) is 12.1 Å². The number of nitro benzene ring substituents is 1. The molecule has 0 radical (unpaired) electrons. The average Bonchev–Trinajstić information content (AvgIpc) is 2.95. The molecule has 1 saturated heterocycles. The zero-order valence-electron chi connectivity index (χ0n) is 15.2. The van der Waals surface area contributed by atoms with E-state index in [2.05, 4.69) is 0 Å². The molecule has 0 aromatic heterocycles.